The number of halogens is 1. The van der Waals surface area contributed by atoms with E-state index in [4.69, 9.17) is 16.3 Å². The lowest BCUT2D eigenvalue weighted by Crippen LogP contribution is -2.23. The molecule has 0 saturated heterocycles. The second-order valence-corrected chi connectivity index (χ2v) is 5.98. The summed E-state index contributed by atoms with van der Waals surface area (Å²) in [6.45, 7) is 0.102. The van der Waals surface area contributed by atoms with Crippen molar-refractivity contribution >= 4 is 21.6 Å². The highest BCUT2D eigenvalue weighted by Gasteiger charge is 2.17. The normalized spacial score (nSPS) is 11.3. The third kappa shape index (κ3) is 3.44. The Kier molecular flexibility index (Phi) is 4.53. The summed E-state index contributed by atoms with van der Waals surface area (Å²) in [5.41, 5.74) is 0.703. The monoisotopic (exact) mass is 313 g/mol. The molecule has 0 aliphatic heterocycles. The minimum atomic E-state index is -3.71. The zero-order valence-electron chi connectivity index (χ0n) is 10.6. The molecule has 1 N–H and O–H groups in total. The van der Waals surface area contributed by atoms with E-state index in [1.165, 1.54) is 31.8 Å². The molecule has 0 aliphatic carbocycles. The molecule has 0 unspecified atom stereocenters. The van der Waals surface area contributed by atoms with E-state index in [0.29, 0.717) is 11.4 Å². The molecular formula is C12H12ClN3O3S. The van der Waals surface area contributed by atoms with E-state index >= 15 is 0 Å². The van der Waals surface area contributed by atoms with Gasteiger partial charge in [-0.3, -0.25) is 4.98 Å². The summed E-state index contributed by atoms with van der Waals surface area (Å²) in [6.07, 6.45) is 4.16. The fourth-order valence-corrected chi connectivity index (χ4v) is 2.90. The topological polar surface area (TPSA) is 81.2 Å². The number of nitrogens with zero attached hydrogens (tertiary/aromatic N) is 2. The third-order valence-corrected chi connectivity index (χ3v) is 4.37. The first-order valence-corrected chi connectivity index (χ1v) is 7.47. The van der Waals surface area contributed by atoms with Crippen molar-refractivity contribution in [3.05, 3.63) is 47.4 Å². The Morgan fingerprint density at radius 2 is 2.10 bits per heavy atom. The van der Waals surface area contributed by atoms with Gasteiger partial charge < -0.3 is 4.74 Å². The predicted molar refractivity (Wildman–Crippen MR) is 74.1 cm³/mol. The van der Waals surface area contributed by atoms with E-state index in [1.54, 1.807) is 12.1 Å². The standard InChI is InChI=1S/C12H12ClN3O3S/c1-19-12-3-2-9(6-15-12)7-16-20(17,18)11-8-14-5-4-10(11)13/h2-6,8,16H,7H2,1H3. The van der Waals surface area contributed by atoms with Crippen LogP contribution in [-0.4, -0.2) is 25.5 Å². The molecule has 6 nitrogen and oxygen atoms in total. The second-order valence-electron chi connectivity index (χ2n) is 3.84. The number of hydrogen-bond donors (Lipinski definition) is 1. The zero-order valence-corrected chi connectivity index (χ0v) is 12.1. The molecule has 0 bridgehead atoms. The SMILES string of the molecule is COc1ccc(CNS(=O)(=O)c2cnccc2Cl)cn1. The van der Waals surface area contributed by atoms with Gasteiger partial charge in [-0.2, -0.15) is 0 Å². The molecule has 0 aromatic carbocycles. The van der Waals surface area contributed by atoms with Gasteiger partial charge >= 0.3 is 0 Å². The average Bonchev–Trinajstić information content (AvgIpc) is 2.46. The molecule has 0 saturated carbocycles. The third-order valence-electron chi connectivity index (χ3n) is 2.50. The van der Waals surface area contributed by atoms with Gasteiger partial charge in [-0.25, -0.2) is 18.1 Å². The van der Waals surface area contributed by atoms with Crippen molar-refractivity contribution in [1.82, 2.24) is 14.7 Å². The second kappa shape index (κ2) is 6.17. The van der Waals surface area contributed by atoms with E-state index in [1.807, 2.05) is 0 Å². The number of pyridine rings is 2. The molecule has 2 aromatic heterocycles. The molecule has 0 atom stereocenters. The molecule has 0 fully saturated rings. The molecule has 106 valence electrons. The Labute approximate surface area is 121 Å². The minimum Gasteiger partial charge on any atom is -0.481 e. The van der Waals surface area contributed by atoms with Crippen LogP contribution in [0.15, 0.2) is 41.7 Å². The van der Waals surface area contributed by atoms with E-state index in [2.05, 4.69) is 14.7 Å². The van der Waals surface area contributed by atoms with Gasteiger partial charge in [-0.15, -0.1) is 0 Å². The van der Waals surface area contributed by atoms with Crippen molar-refractivity contribution in [2.24, 2.45) is 0 Å². The maximum Gasteiger partial charge on any atom is 0.243 e. The number of nitrogens with one attached hydrogen (secondary N) is 1. The summed E-state index contributed by atoms with van der Waals surface area (Å²) in [5.74, 6) is 0.465. The zero-order chi connectivity index (χ0) is 14.6. The number of aromatic nitrogens is 2. The maximum absolute atomic E-state index is 12.1. The van der Waals surface area contributed by atoms with Gasteiger partial charge in [0, 0.05) is 31.2 Å². The highest BCUT2D eigenvalue weighted by molar-refractivity contribution is 7.89. The Morgan fingerprint density at radius 3 is 2.70 bits per heavy atom. The highest BCUT2D eigenvalue weighted by Crippen LogP contribution is 2.19. The van der Waals surface area contributed by atoms with Crippen LogP contribution in [0.4, 0.5) is 0 Å². The Bertz CT molecular complexity index is 689. The van der Waals surface area contributed by atoms with Crippen LogP contribution in [0.1, 0.15) is 5.56 Å². The average molecular weight is 314 g/mol. The van der Waals surface area contributed by atoms with Crippen LogP contribution >= 0.6 is 11.6 Å². The van der Waals surface area contributed by atoms with Gasteiger partial charge in [0.2, 0.25) is 15.9 Å². The molecule has 0 radical (unpaired) electrons. The Morgan fingerprint density at radius 1 is 1.30 bits per heavy atom. The van der Waals surface area contributed by atoms with Crippen molar-refractivity contribution < 1.29 is 13.2 Å². The van der Waals surface area contributed by atoms with E-state index in [-0.39, 0.29) is 16.5 Å². The van der Waals surface area contributed by atoms with Gasteiger partial charge in [-0.05, 0) is 11.6 Å². The smallest absolute Gasteiger partial charge is 0.243 e. The van der Waals surface area contributed by atoms with Gasteiger partial charge in [0.25, 0.3) is 0 Å². The Balaban J connectivity index is 2.11. The fourth-order valence-electron chi connectivity index (χ4n) is 1.45. The predicted octanol–water partition coefficient (Wildman–Crippen LogP) is 1.62. The first-order valence-electron chi connectivity index (χ1n) is 5.61. The number of rotatable bonds is 5. The molecule has 20 heavy (non-hydrogen) atoms. The van der Waals surface area contributed by atoms with Gasteiger partial charge in [0.05, 0.1) is 12.1 Å². The first kappa shape index (κ1) is 14.7. The summed E-state index contributed by atoms with van der Waals surface area (Å²) in [6, 6.07) is 4.80. The number of sulfonamides is 1. The van der Waals surface area contributed by atoms with Crippen molar-refractivity contribution in [1.29, 1.82) is 0 Å². The molecule has 0 aliphatic rings. The van der Waals surface area contributed by atoms with Crippen molar-refractivity contribution in [2.45, 2.75) is 11.4 Å². The number of methoxy groups -OCH3 is 1. The highest BCUT2D eigenvalue weighted by atomic mass is 35.5. The van der Waals surface area contributed by atoms with Crippen molar-refractivity contribution in [3.63, 3.8) is 0 Å². The molecule has 2 heterocycles. The van der Waals surface area contributed by atoms with Gasteiger partial charge in [0.1, 0.15) is 4.90 Å². The Hall–Kier alpha value is -1.70. The van der Waals surface area contributed by atoms with Gasteiger partial charge in [0.15, 0.2) is 0 Å². The van der Waals surface area contributed by atoms with Crippen LogP contribution in [0.2, 0.25) is 5.02 Å². The van der Waals surface area contributed by atoms with Crippen molar-refractivity contribution in [3.8, 4) is 5.88 Å². The fraction of sp³-hybridized carbons (Fsp3) is 0.167. The number of hydrogen-bond acceptors (Lipinski definition) is 5. The summed E-state index contributed by atoms with van der Waals surface area (Å²) >= 11 is 5.84. The van der Waals surface area contributed by atoms with Crippen LogP contribution in [-0.2, 0) is 16.6 Å². The van der Waals surface area contributed by atoms with Gasteiger partial charge in [-0.1, -0.05) is 17.7 Å². The summed E-state index contributed by atoms with van der Waals surface area (Å²) < 4.78 is 31.5. The van der Waals surface area contributed by atoms with Crippen LogP contribution in [0.25, 0.3) is 0 Å². The van der Waals surface area contributed by atoms with Crippen LogP contribution in [0.5, 0.6) is 5.88 Å². The molecule has 0 amide bonds. The summed E-state index contributed by atoms with van der Waals surface area (Å²) in [7, 11) is -2.20. The van der Waals surface area contributed by atoms with Crippen LogP contribution in [0, 0.1) is 0 Å². The summed E-state index contributed by atoms with van der Waals surface area (Å²) in [5, 5.41) is 0.125. The molecule has 0 spiro atoms. The molecule has 8 heteroatoms. The molecular weight excluding hydrogens is 302 g/mol. The van der Waals surface area contributed by atoms with Crippen LogP contribution in [0.3, 0.4) is 0 Å². The van der Waals surface area contributed by atoms with Crippen LogP contribution < -0.4 is 9.46 Å². The van der Waals surface area contributed by atoms with Crippen molar-refractivity contribution in [2.75, 3.05) is 7.11 Å². The lowest BCUT2D eigenvalue weighted by molar-refractivity contribution is 0.397. The largest absolute Gasteiger partial charge is 0.481 e. The lowest BCUT2D eigenvalue weighted by Gasteiger charge is -2.08. The van der Waals surface area contributed by atoms with E-state index < -0.39 is 10.0 Å². The van der Waals surface area contributed by atoms with E-state index in [0.717, 1.165) is 0 Å². The molecule has 2 rings (SSSR count). The van der Waals surface area contributed by atoms with E-state index in [9.17, 15) is 8.42 Å². The maximum atomic E-state index is 12.1. The number of ether oxygens (including phenoxy) is 1. The summed E-state index contributed by atoms with van der Waals surface area (Å²) in [4.78, 5) is 7.70. The molecule has 2 aromatic rings. The first-order chi connectivity index (χ1) is 9.53. The minimum absolute atomic E-state index is 0.0527. The quantitative estimate of drug-likeness (QED) is 0.907. The lowest BCUT2D eigenvalue weighted by atomic mass is 10.3.